The molecule has 5 N–H and O–H groups in total. The summed E-state index contributed by atoms with van der Waals surface area (Å²) in [6.45, 7) is 0.800. The molecule has 2 aromatic carbocycles. The quantitative estimate of drug-likeness (QED) is 0.260. The summed E-state index contributed by atoms with van der Waals surface area (Å²) in [6.07, 6.45) is 5.60. The van der Waals surface area contributed by atoms with Crippen LogP contribution in [0.2, 0.25) is 0 Å². The van der Waals surface area contributed by atoms with E-state index in [4.69, 9.17) is 4.74 Å². The zero-order valence-corrected chi connectivity index (χ0v) is 20.4. The number of H-pyrrole nitrogens is 1. The van der Waals surface area contributed by atoms with E-state index in [1.54, 1.807) is 13.1 Å². The van der Waals surface area contributed by atoms with E-state index in [2.05, 4.69) is 32.8 Å². The van der Waals surface area contributed by atoms with Crippen LogP contribution in [0.1, 0.15) is 46.3 Å². The van der Waals surface area contributed by atoms with Gasteiger partial charge in [-0.3, -0.25) is 4.79 Å². The van der Waals surface area contributed by atoms with Crippen LogP contribution in [0, 0.1) is 11.8 Å². The molecule has 0 fully saturated rings. The van der Waals surface area contributed by atoms with Crippen LogP contribution >= 0.6 is 0 Å². The number of ether oxygens (including phenoxy) is 1. The monoisotopic (exact) mass is 488 g/mol. The van der Waals surface area contributed by atoms with Gasteiger partial charge in [-0.2, -0.15) is 0 Å². The van der Waals surface area contributed by atoms with E-state index in [-0.39, 0.29) is 18.5 Å². The van der Waals surface area contributed by atoms with Crippen LogP contribution in [0.15, 0.2) is 42.6 Å². The average molecular weight is 489 g/mol. The molecule has 0 spiro atoms. The number of carbonyl (C=O) groups is 2. The summed E-state index contributed by atoms with van der Waals surface area (Å²) < 4.78 is 5.99. The molecule has 1 aliphatic heterocycles. The van der Waals surface area contributed by atoms with Crippen LogP contribution in [0.25, 0.3) is 10.9 Å². The van der Waals surface area contributed by atoms with Gasteiger partial charge >= 0.3 is 6.03 Å². The van der Waals surface area contributed by atoms with Gasteiger partial charge in [0.15, 0.2) is 0 Å². The standard InChI is InChI=1S/C28H32N4O4/c1-29-28(35)30-12-6-4-8-19-14-20-9-5-7-13-36-26(20)24(15-19)27(34)32-22(18-33)16-21-17-31-25-11-3-2-10-23(21)25/h2-3,10-11,14-15,17,22,31,33H,5-7,9,12-13,16,18H2,1H3,(H,32,34)(H2,29,30,35)/t22-/m1/s1. The van der Waals surface area contributed by atoms with E-state index in [9.17, 15) is 14.7 Å². The molecule has 1 aromatic heterocycles. The summed E-state index contributed by atoms with van der Waals surface area (Å²) in [5.74, 6) is 6.48. The first-order valence-electron chi connectivity index (χ1n) is 12.3. The molecule has 188 valence electrons. The second kappa shape index (κ2) is 12.1. The fourth-order valence-corrected chi connectivity index (χ4v) is 4.36. The first-order valence-corrected chi connectivity index (χ1v) is 12.3. The van der Waals surface area contributed by atoms with Crippen LogP contribution in [-0.4, -0.2) is 54.9 Å². The minimum atomic E-state index is -0.455. The number of aromatic amines is 1. The Hall–Kier alpha value is -3.96. The van der Waals surface area contributed by atoms with Crippen LogP contribution in [0.3, 0.4) is 0 Å². The number of aryl methyl sites for hydroxylation is 1. The highest BCUT2D eigenvalue weighted by Gasteiger charge is 2.22. The number of fused-ring (bicyclic) bond motifs is 2. The Balaban J connectivity index is 1.52. The lowest BCUT2D eigenvalue weighted by Gasteiger charge is -2.19. The summed E-state index contributed by atoms with van der Waals surface area (Å²) >= 11 is 0. The molecule has 0 saturated carbocycles. The van der Waals surface area contributed by atoms with Gasteiger partial charge in [0.05, 0.1) is 24.8 Å². The lowest BCUT2D eigenvalue weighted by Crippen LogP contribution is -2.39. The first-order chi connectivity index (χ1) is 17.6. The number of amides is 3. The third-order valence-corrected chi connectivity index (χ3v) is 6.19. The molecular weight excluding hydrogens is 456 g/mol. The summed E-state index contributed by atoms with van der Waals surface area (Å²) in [4.78, 5) is 27.9. The fourth-order valence-electron chi connectivity index (χ4n) is 4.36. The Morgan fingerprint density at radius 3 is 2.92 bits per heavy atom. The van der Waals surface area contributed by atoms with Gasteiger partial charge in [-0.1, -0.05) is 30.0 Å². The topological polar surface area (TPSA) is 115 Å². The number of hydrogen-bond acceptors (Lipinski definition) is 4. The predicted octanol–water partition coefficient (Wildman–Crippen LogP) is 2.89. The van der Waals surface area contributed by atoms with Crippen LogP contribution in [0.4, 0.5) is 4.79 Å². The van der Waals surface area contributed by atoms with E-state index in [1.165, 1.54) is 0 Å². The van der Waals surface area contributed by atoms with Gasteiger partial charge in [-0.25, -0.2) is 4.79 Å². The highest BCUT2D eigenvalue weighted by Crippen LogP contribution is 2.30. The molecular formula is C28H32N4O4. The van der Waals surface area contributed by atoms with Crippen molar-refractivity contribution in [1.29, 1.82) is 0 Å². The highest BCUT2D eigenvalue weighted by atomic mass is 16.5. The maximum Gasteiger partial charge on any atom is 0.314 e. The summed E-state index contributed by atoms with van der Waals surface area (Å²) in [5, 5.41) is 19.3. The third-order valence-electron chi connectivity index (χ3n) is 6.19. The number of para-hydroxylation sites is 1. The minimum absolute atomic E-state index is 0.188. The zero-order chi connectivity index (χ0) is 25.3. The second-order valence-electron chi connectivity index (χ2n) is 8.79. The number of hydrogen-bond donors (Lipinski definition) is 5. The van der Waals surface area contributed by atoms with Crippen molar-refractivity contribution in [3.05, 3.63) is 64.8 Å². The van der Waals surface area contributed by atoms with E-state index in [1.807, 2.05) is 36.5 Å². The van der Waals surface area contributed by atoms with Gasteiger partial charge in [0.1, 0.15) is 5.75 Å². The molecule has 2 heterocycles. The normalized spacial score (nSPS) is 13.4. The molecule has 1 atom stereocenters. The number of nitrogens with one attached hydrogen (secondary N) is 4. The average Bonchev–Trinajstić information content (AvgIpc) is 3.15. The molecule has 8 nitrogen and oxygen atoms in total. The van der Waals surface area contributed by atoms with Crippen LogP contribution in [-0.2, 0) is 12.8 Å². The van der Waals surface area contributed by atoms with Gasteiger partial charge in [0, 0.05) is 42.7 Å². The number of aromatic nitrogens is 1. The molecule has 36 heavy (non-hydrogen) atoms. The second-order valence-corrected chi connectivity index (χ2v) is 8.79. The highest BCUT2D eigenvalue weighted by molar-refractivity contribution is 5.98. The van der Waals surface area contributed by atoms with Crippen molar-refractivity contribution < 1.29 is 19.4 Å². The summed E-state index contributed by atoms with van der Waals surface area (Å²) in [6, 6.07) is 11.0. The largest absolute Gasteiger partial charge is 0.492 e. The Bertz CT molecular complexity index is 1290. The van der Waals surface area contributed by atoms with Crippen molar-refractivity contribution in [2.45, 2.75) is 38.1 Å². The van der Waals surface area contributed by atoms with Gasteiger partial charge in [0.25, 0.3) is 5.91 Å². The zero-order valence-electron chi connectivity index (χ0n) is 20.4. The maximum atomic E-state index is 13.4. The van der Waals surface area contributed by atoms with Crippen molar-refractivity contribution in [2.24, 2.45) is 0 Å². The number of aliphatic hydroxyl groups excluding tert-OH is 1. The smallest absolute Gasteiger partial charge is 0.314 e. The first kappa shape index (κ1) is 25.1. The molecule has 8 heteroatoms. The number of aliphatic hydroxyl groups is 1. The Morgan fingerprint density at radius 2 is 2.08 bits per heavy atom. The van der Waals surface area contributed by atoms with Crippen LogP contribution < -0.4 is 20.7 Å². The van der Waals surface area contributed by atoms with Gasteiger partial charge in [0.2, 0.25) is 0 Å². The Morgan fingerprint density at radius 1 is 1.22 bits per heavy atom. The lowest BCUT2D eigenvalue weighted by molar-refractivity contribution is 0.0912. The lowest BCUT2D eigenvalue weighted by atomic mass is 9.99. The third kappa shape index (κ3) is 6.18. The van der Waals surface area contributed by atoms with Crippen molar-refractivity contribution in [2.75, 3.05) is 26.8 Å². The fraction of sp³-hybridized carbons (Fsp3) is 0.357. The van der Waals surface area contributed by atoms with Gasteiger partial charge < -0.3 is 30.8 Å². The maximum absolute atomic E-state index is 13.4. The number of urea groups is 1. The Kier molecular flexibility index (Phi) is 8.48. The summed E-state index contributed by atoms with van der Waals surface area (Å²) in [7, 11) is 1.56. The molecule has 1 aliphatic rings. The van der Waals surface area contributed by atoms with Crippen molar-refractivity contribution in [3.8, 4) is 17.6 Å². The number of carbonyl (C=O) groups excluding carboxylic acids is 2. The predicted molar refractivity (Wildman–Crippen MR) is 139 cm³/mol. The minimum Gasteiger partial charge on any atom is -0.492 e. The van der Waals surface area contributed by atoms with E-state index in [0.29, 0.717) is 37.3 Å². The molecule has 0 bridgehead atoms. The molecule has 3 amide bonds. The number of benzene rings is 2. The van der Waals surface area contributed by atoms with E-state index < -0.39 is 6.04 Å². The number of rotatable bonds is 7. The van der Waals surface area contributed by atoms with E-state index in [0.717, 1.165) is 46.9 Å². The molecule has 0 radical (unpaired) electrons. The van der Waals surface area contributed by atoms with Crippen LogP contribution in [0.5, 0.6) is 5.75 Å². The molecule has 4 rings (SSSR count). The molecule has 0 unspecified atom stereocenters. The van der Waals surface area contributed by atoms with Crippen molar-refractivity contribution >= 4 is 22.8 Å². The Labute approximate surface area is 210 Å². The van der Waals surface area contributed by atoms with Crippen molar-refractivity contribution in [3.63, 3.8) is 0 Å². The van der Waals surface area contributed by atoms with Gasteiger partial charge in [-0.15, -0.1) is 0 Å². The SMILES string of the molecule is CNC(=O)NCCC#Cc1cc2c(c(C(=O)N[C@@H](CO)Cc3c[nH]c4ccccc34)c1)OCCCC2. The van der Waals surface area contributed by atoms with E-state index >= 15 is 0 Å². The van der Waals surface area contributed by atoms with Gasteiger partial charge in [-0.05, 0) is 55.0 Å². The van der Waals surface area contributed by atoms with Crippen molar-refractivity contribution in [1.82, 2.24) is 20.9 Å². The molecule has 0 aliphatic carbocycles. The molecule has 3 aromatic rings. The molecule has 0 saturated heterocycles. The summed E-state index contributed by atoms with van der Waals surface area (Å²) in [5.41, 5.74) is 4.17.